The smallest absolute Gasteiger partial charge is 0.119 e. The van der Waals surface area contributed by atoms with Crippen molar-refractivity contribution in [1.29, 1.82) is 0 Å². The summed E-state index contributed by atoms with van der Waals surface area (Å²) in [5.74, 6) is 6.35. The van der Waals surface area contributed by atoms with Gasteiger partial charge in [-0.25, -0.2) is 0 Å². The number of ether oxygens (including phenoxy) is 1. The lowest BCUT2D eigenvalue weighted by Gasteiger charge is -2.72. The molecule has 0 radical (unpaired) electrons. The van der Waals surface area contributed by atoms with Crippen LogP contribution in [-0.4, -0.2) is 6.61 Å². The molecule has 0 saturated heterocycles. The van der Waals surface area contributed by atoms with Crippen molar-refractivity contribution in [2.24, 2.45) is 40.4 Å². The maximum absolute atomic E-state index is 5.76. The Morgan fingerprint density at radius 1 is 0.690 bits per heavy atom. The molecule has 1 heteroatoms. The maximum atomic E-state index is 5.76. The summed E-state index contributed by atoms with van der Waals surface area (Å²) in [6, 6.07) is 9.42. The largest absolute Gasteiger partial charge is 0.494 e. The molecule has 0 amide bonds. The van der Waals surface area contributed by atoms with E-state index in [9.17, 15) is 0 Å². The van der Waals surface area contributed by atoms with E-state index in [1.165, 1.54) is 19.3 Å². The number of hydrogen-bond donors (Lipinski definition) is 0. The van der Waals surface area contributed by atoms with Crippen LogP contribution in [0.2, 0.25) is 0 Å². The van der Waals surface area contributed by atoms with Crippen molar-refractivity contribution in [3.05, 3.63) is 29.8 Å². The van der Waals surface area contributed by atoms with Gasteiger partial charge in [-0.2, -0.15) is 0 Å². The molecule has 0 N–H and O–H groups in total. The number of hydrogen-bond acceptors (Lipinski definition) is 1. The molecule has 156 valence electrons. The van der Waals surface area contributed by atoms with Gasteiger partial charge in [0.2, 0.25) is 0 Å². The van der Waals surface area contributed by atoms with E-state index in [4.69, 9.17) is 4.74 Å². The second-order valence-corrected chi connectivity index (χ2v) is 12.7. The van der Waals surface area contributed by atoms with Crippen LogP contribution in [0.5, 0.6) is 5.75 Å². The van der Waals surface area contributed by atoms with Gasteiger partial charge in [0.1, 0.15) is 5.75 Å². The quantitative estimate of drug-likeness (QED) is 0.531. The number of benzene rings is 1. The second kappa shape index (κ2) is 5.83. The number of rotatable bonds is 4. The van der Waals surface area contributed by atoms with E-state index in [1.807, 2.05) is 0 Å². The highest BCUT2D eigenvalue weighted by molar-refractivity contribution is 5.36. The van der Waals surface area contributed by atoms with Gasteiger partial charge < -0.3 is 4.74 Å². The Hall–Kier alpha value is -0.980. The van der Waals surface area contributed by atoms with Crippen molar-refractivity contribution in [3.8, 4) is 5.75 Å². The summed E-state index contributed by atoms with van der Waals surface area (Å²) >= 11 is 0. The fourth-order valence-corrected chi connectivity index (χ4v) is 11.1. The molecule has 2 unspecified atom stereocenters. The lowest BCUT2D eigenvalue weighted by Crippen LogP contribution is -2.63. The predicted molar refractivity (Wildman–Crippen MR) is 117 cm³/mol. The van der Waals surface area contributed by atoms with Gasteiger partial charge in [0, 0.05) is 0 Å². The van der Waals surface area contributed by atoms with Crippen molar-refractivity contribution in [3.63, 3.8) is 0 Å². The van der Waals surface area contributed by atoms with Crippen LogP contribution < -0.4 is 4.74 Å². The molecular formula is C28H38O. The van der Waals surface area contributed by atoms with Gasteiger partial charge in [0.25, 0.3) is 0 Å². The van der Waals surface area contributed by atoms with Crippen molar-refractivity contribution in [2.45, 2.75) is 89.4 Å². The second-order valence-electron chi connectivity index (χ2n) is 12.7. The fourth-order valence-electron chi connectivity index (χ4n) is 11.1. The Morgan fingerprint density at radius 2 is 1.21 bits per heavy atom. The third kappa shape index (κ3) is 2.40. The van der Waals surface area contributed by atoms with Crippen LogP contribution in [-0.2, 0) is 5.41 Å². The molecule has 0 aliphatic heterocycles. The first-order valence-corrected chi connectivity index (χ1v) is 12.8. The van der Waals surface area contributed by atoms with Gasteiger partial charge in [-0.3, -0.25) is 0 Å². The van der Waals surface area contributed by atoms with Crippen molar-refractivity contribution < 1.29 is 4.74 Å². The summed E-state index contributed by atoms with van der Waals surface area (Å²) in [6.45, 7) is 2.85. The maximum Gasteiger partial charge on any atom is 0.119 e. The average Bonchev–Trinajstić information content (AvgIpc) is 2.67. The van der Waals surface area contributed by atoms with Crippen LogP contribution >= 0.6 is 0 Å². The molecule has 1 nitrogen and oxygen atoms in total. The van der Waals surface area contributed by atoms with Gasteiger partial charge in [0.05, 0.1) is 6.61 Å². The minimum Gasteiger partial charge on any atom is -0.494 e. The summed E-state index contributed by atoms with van der Waals surface area (Å²) in [6.07, 6.45) is 18.8. The third-order valence-electron chi connectivity index (χ3n) is 11.0. The third-order valence-corrected chi connectivity index (χ3v) is 11.0. The predicted octanol–water partition coefficient (Wildman–Crippen LogP) is 7.14. The summed E-state index contributed by atoms with van der Waals surface area (Å²) in [4.78, 5) is 0. The Kier molecular flexibility index (Phi) is 3.55. The molecule has 8 fully saturated rings. The van der Waals surface area contributed by atoms with E-state index in [0.29, 0.717) is 10.8 Å². The van der Waals surface area contributed by atoms with Gasteiger partial charge in [-0.05, 0) is 148 Å². The molecule has 8 saturated carbocycles. The van der Waals surface area contributed by atoms with E-state index >= 15 is 0 Å². The topological polar surface area (TPSA) is 9.23 Å². The van der Waals surface area contributed by atoms with Crippen LogP contribution in [0.25, 0.3) is 0 Å². The lowest BCUT2D eigenvalue weighted by atomic mass is 9.32. The molecule has 0 aromatic heterocycles. The standard InChI is InChI=1S/C28H38O/c1-2-29-25-5-3-24(4-6-25)26-11-22-10-23(12-26)17-28(16-22,18-26)27-13-19-7-20(14-27)9-21(8-19)15-27/h3-6,19-23H,2,7-18H2,1H3/t19?,20?,21?,22-,23+,26?,27?,28?. The molecular weight excluding hydrogens is 352 g/mol. The zero-order valence-electron chi connectivity index (χ0n) is 18.3. The first kappa shape index (κ1) is 17.7. The highest BCUT2D eigenvalue weighted by Crippen LogP contribution is 2.77. The molecule has 9 rings (SSSR count). The van der Waals surface area contributed by atoms with E-state index in [-0.39, 0.29) is 0 Å². The molecule has 0 spiro atoms. The lowest BCUT2D eigenvalue weighted by molar-refractivity contribution is -0.205. The van der Waals surface area contributed by atoms with Crippen molar-refractivity contribution >= 4 is 0 Å². The normalized spacial score (nSPS) is 51.6. The van der Waals surface area contributed by atoms with Gasteiger partial charge >= 0.3 is 0 Å². The van der Waals surface area contributed by atoms with E-state index in [1.54, 1.807) is 63.4 Å². The van der Waals surface area contributed by atoms with Gasteiger partial charge in [-0.1, -0.05) is 12.1 Å². The highest BCUT2D eigenvalue weighted by atomic mass is 16.5. The molecule has 8 aliphatic carbocycles. The van der Waals surface area contributed by atoms with Crippen LogP contribution in [0.15, 0.2) is 24.3 Å². The average molecular weight is 391 g/mol. The minimum atomic E-state index is 0.484. The van der Waals surface area contributed by atoms with E-state index < -0.39 is 0 Å². The van der Waals surface area contributed by atoms with Gasteiger partial charge in [0.15, 0.2) is 0 Å². The molecule has 0 heterocycles. The Balaban J connectivity index is 1.28. The Morgan fingerprint density at radius 3 is 1.76 bits per heavy atom. The van der Waals surface area contributed by atoms with Crippen LogP contribution in [0, 0.1) is 40.4 Å². The summed E-state index contributed by atoms with van der Waals surface area (Å²) in [5, 5.41) is 0. The minimum absolute atomic E-state index is 0.484. The molecule has 4 atom stereocenters. The Bertz CT molecular complexity index is 755. The zero-order valence-corrected chi connectivity index (χ0v) is 18.3. The summed E-state index contributed by atoms with van der Waals surface area (Å²) < 4.78 is 5.76. The highest BCUT2D eigenvalue weighted by Gasteiger charge is 2.67. The SMILES string of the molecule is CCOc1ccc(C23C[C@H]4C[C@@H](C2)CC(C25CC6CC(CC(C6)C2)C5)(C4)C3)cc1. The van der Waals surface area contributed by atoms with Crippen LogP contribution in [0.1, 0.15) is 89.5 Å². The van der Waals surface area contributed by atoms with Crippen LogP contribution in [0.3, 0.4) is 0 Å². The summed E-state index contributed by atoms with van der Waals surface area (Å²) in [5.41, 5.74) is 3.56. The first-order valence-electron chi connectivity index (χ1n) is 12.8. The summed E-state index contributed by atoms with van der Waals surface area (Å²) in [7, 11) is 0. The molecule has 8 aliphatic rings. The molecule has 1 aromatic carbocycles. The monoisotopic (exact) mass is 390 g/mol. The fraction of sp³-hybridized carbons (Fsp3) is 0.786. The molecule has 8 bridgehead atoms. The van der Waals surface area contributed by atoms with Gasteiger partial charge in [-0.15, -0.1) is 0 Å². The molecule has 1 aromatic rings. The zero-order chi connectivity index (χ0) is 19.3. The Labute approximate surface area is 177 Å². The van der Waals surface area contributed by atoms with E-state index in [2.05, 4.69) is 31.2 Å². The van der Waals surface area contributed by atoms with Crippen LogP contribution in [0.4, 0.5) is 0 Å². The molecule has 29 heavy (non-hydrogen) atoms. The van der Waals surface area contributed by atoms with Crippen molar-refractivity contribution in [2.75, 3.05) is 6.61 Å². The first-order chi connectivity index (χ1) is 14.1. The van der Waals surface area contributed by atoms with Crippen molar-refractivity contribution in [1.82, 2.24) is 0 Å². The van der Waals surface area contributed by atoms with E-state index in [0.717, 1.165) is 47.4 Å².